The molecule has 4 aromatic rings. The summed E-state index contributed by atoms with van der Waals surface area (Å²) < 4.78 is 6.78. The molecule has 0 saturated heterocycles. The van der Waals surface area contributed by atoms with E-state index in [0.29, 0.717) is 22.3 Å². The van der Waals surface area contributed by atoms with Crippen LogP contribution in [0.25, 0.3) is 17.1 Å². The number of para-hydroxylation sites is 1. The molecule has 6 nitrogen and oxygen atoms in total. The summed E-state index contributed by atoms with van der Waals surface area (Å²) >= 11 is 6.01. The van der Waals surface area contributed by atoms with Gasteiger partial charge in [0, 0.05) is 16.3 Å². The Morgan fingerprint density at radius 3 is 2.31 bits per heavy atom. The van der Waals surface area contributed by atoms with Crippen molar-refractivity contribution in [2.24, 2.45) is 0 Å². The molecule has 0 aliphatic rings. The van der Waals surface area contributed by atoms with Crippen molar-refractivity contribution in [2.75, 3.05) is 12.4 Å². The van der Waals surface area contributed by atoms with Gasteiger partial charge in [0.25, 0.3) is 5.91 Å². The van der Waals surface area contributed by atoms with Gasteiger partial charge >= 0.3 is 0 Å². The lowest BCUT2D eigenvalue weighted by molar-refractivity contribution is 0.101. The lowest BCUT2D eigenvalue weighted by Gasteiger charge is -2.05. The van der Waals surface area contributed by atoms with Crippen LogP contribution in [0.3, 0.4) is 0 Å². The summed E-state index contributed by atoms with van der Waals surface area (Å²) in [5, 5.41) is 7.88. The van der Waals surface area contributed by atoms with Gasteiger partial charge in [-0.15, -0.1) is 5.10 Å². The molecule has 0 spiro atoms. The van der Waals surface area contributed by atoms with Crippen molar-refractivity contribution in [1.29, 1.82) is 0 Å². The second-order valence-corrected chi connectivity index (χ2v) is 6.63. The maximum Gasteiger partial charge on any atom is 0.295 e. The zero-order valence-electron chi connectivity index (χ0n) is 15.5. The van der Waals surface area contributed by atoms with Gasteiger partial charge < -0.3 is 10.1 Å². The third kappa shape index (κ3) is 4.12. The molecule has 0 aliphatic carbocycles. The molecule has 3 aromatic carbocycles. The Morgan fingerprint density at radius 2 is 1.66 bits per heavy atom. The minimum absolute atomic E-state index is 0.0645. The zero-order chi connectivity index (χ0) is 20.2. The van der Waals surface area contributed by atoms with Crippen LogP contribution in [0.2, 0.25) is 5.02 Å². The summed E-state index contributed by atoms with van der Waals surface area (Å²) in [5.74, 6) is 0.918. The Bertz CT molecular complexity index is 1120. The van der Waals surface area contributed by atoms with E-state index in [1.54, 1.807) is 48.2 Å². The van der Waals surface area contributed by atoms with E-state index in [-0.39, 0.29) is 5.82 Å². The number of hydrogen-bond acceptors (Lipinski definition) is 4. The number of nitrogens with zero attached hydrogens (tertiary/aromatic N) is 3. The van der Waals surface area contributed by atoms with Crippen LogP contribution in [0, 0.1) is 0 Å². The van der Waals surface area contributed by atoms with E-state index in [0.717, 1.165) is 11.3 Å². The molecule has 1 aromatic heterocycles. The summed E-state index contributed by atoms with van der Waals surface area (Å²) in [6.07, 6.45) is 0. The van der Waals surface area contributed by atoms with Crippen molar-refractivity contribution >= 4 is 23.2 Å². The van der Waals surface area contributed by atoms with Crippen molar-refractivity contribution < 1.29 is 9.53 Å². The minimum Gasteiger partial charge on any atom is -0.497 e. The fourth-order valence-corrected chi connectivity index (χ4v) is 2.93. The maximum atomic E-state index is 12.7. The standard InChI is InChI=1S/C22H17ClN4O2/c1-29-19-13-11-17(12-14-19)24-22(28)20-25-21(15-7-9-16(23)10-8-15)27(26-20)18-5-3-2-4-6-18/h2-14H,1H3,(H,24,28). The third-order valence-corrected chi connectivity index (χ3v) is 4.51. The van der Waals surface area contributed by atoms with E-state index >= 15 is 0 Å². The Labute approximate surface area is 172 Å². The van der Waals surface area contributed by atoms with Crippen LogP contribution in [0.5, 0.6) is 5.75 Å². The Balaban J connectivity index is 1.70. The Hall–Kier alpha value is -3.64. The Kier molecular flexibility index (Phi) is 5.27. The van der Waals surface area contributed by atoms with Crippen LogP contribution in [0.4, 0.5) is 5.69 Å². The summed E-state index contributed by atoms with van der Waals surface area (Å²) in [6, 6.07) is 23.8. The highest BCUT2D eigenvalue weighted by Gasteiger charge is 2.19. The van der Waals surface area contributed by atoms with Gasteiger partial charge in [-0.2, -0.15) is 0 Å². The number of benzene rings is 3. The first-order valence-corrected chi connectivity index (χ1v) is 9.25. The molecule has 0 atom stereocenters. The zero-order valence-corrected chi connectivity index (χ0v) is 16.3. The van der Waals surface area contributed by atoms with Crippen LogP contribution in [-0.4, -0.2) is 27.8 Å². The van der Waals surface area contributed by atoms with Gasteiger partial charge in [-0.05, 0) is 60.7 Å². The smallest absolute Gasteiger partial charge is 0.295 e. The first-order valence-electron chi connectivity index (χ1n) is 8.88. The molecule has 29 heavy (non-hydrogen) atoms. The topological polar surface area (TPSA) is 69.0 Å². The molecule has 7 heteroatoms. The van der Waals surface area contributed by atoms with Crippen LogP contribution in [0.1, 0.15) is 10.6 Å². The minimum atomic E-state index is -0.403. The van der Waals surface area contributed by atoms with Crippen molar-refractivity contribution in [1.82, 2.24) is 14.8 Å². The highest BCUT2D eigenvalue weighted by Crippen LogP contribution is 2.23. The summed E-state index contributed by atoms with van der Waals surface area (Å²) in [7, 11) is 1.59. The molecule has 0 fully saturated rings. The first-order chi connectivity index (χ1) is 14.1. The number of amides is 1. The molecule has 1 heterocycles. The van der Waals surface area contributed by atoms with Gasteiger partial charge in [-0.25, -0.2) is 9.67 Å². The van der Waals surface area contributed by atoms with Gasteiger partial charge in [-0.1, -0.05) is 29.8 Å². The summed E-state index contributed by atoms with van der Waals surface area (Å²) in [4.78, 5) is 17.2. The van der Waals surface area contributed by atoms with E-state index in [9.17, 15) is 4.79 Å². The number of rotatable bonds is 5. The molecule has 4 rings (SSSR count). The molecule has 0 saturated carbocycles. The number of halogens is 1. The van der Waals surface area contributed by atoms with Gasteiger partial charge in [0.05, 0.1) is 12.8 Å². The van der Waals surface area contributed by atoms with Crippen molar-refractivity contribution in [2.45, 2.75) is 0 Å². The molecule has 0 aliphatic heterocycles. The fraction of sp³-hybridized carbons (Fsp3) is 0.0455. The molecule has 1 N–H and O–H groups in total. The van der Waals surface area contributed by atoms with Crippen LogP contribution < -0.4 is 10.1 Å². The number of aromatic nitrogens is 3. The largest absolute Gasteiger partial charge is 0.497 e. The molecular formula is C22H17ClN4O2. The number of carbonyl (C=O) groups is 1. The van der Waals surface area contributed by atoms with Crippen molar-refractivity contribution in [3.63, 3.8) is 0 Å². The molecule has 144 valence electrons. The third-order valence-electron chi connectivity index (χ3n) is 4.26. The summed E-state index contributed by atoms with van der Waals surface area (Å²) in [6.45, 7) is 0. The van der Waals surface area contributed by atoms with Crippen LogP contribution in [0.15, 0.2) is 78.9 Å². The highest BCUT2D eigenvalue weighted by atomic mass is 35.5. The normalized spacial score (nSPS) is 10.6. The predicted molar refractivity (Wildman–Crippen MR) is 113 cm³/mol. The van der Waals surface area contributed by atoms with E-state index in [1.807, 2.05) is 42.5 Å². The van der Waals surface area contributed by atoms with Crippen molar-refractivity contribution in [3.8, 4) is 22.8 Å². The lowest BCUT2D eigenvalue weighted by atomic mass is 10.2. The monoisotopic (exact) mass is 404 g/mol. The number of carbonyl (C=O) groups excluding carboxylic acids is 1. The van der Waals surface area contributed by atoms with E-state index < -0.39 is 5.91 Å². The van der Waals surface area contributed by atoms with Gasteiger partial charge in [0.1, 0.15) is 5.75 Å². The number of anilines is 1. The molecule has 0 unspecified atom stereocenters. The highest BCUT2D eigenvalue weighted by molar-refractivity contribution is 6.30. The van der Waals surface area contributed by atoms with Gasteiger partial charge in [-0.3, -0.25) is 4.79 Å². The molecule has 0 radical (unpaired) electrons. The molecular weight excluding hydrogens is 388 g/mol. The predicted octanol–water partition coefficient (Wildman–Crippen LogP) is 4.85. The number of hydrogen-bond donors (Lipinski definition) is 1. The van der Waals surface area contributed by atoms with E-state index in [1.165, 1.54) is 0 Å². The van der Waals surface area contributed by atoms with Gasteiger partial charge in [0.2, 0.25) is 5.82 Å². The van der Waals surface area contributed by atoms with E-state index in [4.69, 9.17) is 16.3 Å². The maximum absolute atomic E-state index is 12.7. The Morgan fingerprint density at radius 1 is 0.966 bits per heavy atom. The fourth-order valence-electron chi connectivity index (χ4n) is 2.80. The number of nitrogens with one attached hydrogen (secondary N) is 1. The quantitative estimate of drug-likeness (QED) is 0.516. The second kappa shape index (κ2) is 8.16. The van der Waals surface area contributed by atoms with Gasteiger partial charge in [0.15, 0.2) is 5.82 Å². The second-order valence-electron chi connectivity index (χ2n) is 6.20. The average Bonchev–Trinajstić information content (AvgIpc) is 3.21. The van der Waals surface area contributed by atoms with Crippen LogP contribution in [-0.2, 0) is 0 Å². The summed E-state index contributed by atoms with van der Waals surface area (Å²) in [5.41, 5.74) is 2.22. The van der Waals surface area contributed by atoms with Crippen molar-refractivity contribution in [3.05, 3.63) is 89.7 Å². The lowest BCUT2D eigenvalue weighted by Crippen LogP contribution is -2.14. The number of methoxy groups -OCH3 is 1. The first kappa shape index (κ1) is 18.7. The number of ether oxygens (including phenoxy) is 1. The molecule has 1 amide bonds. The van der Waals surface area contributed by atoms with Crippen LogP contribution >= 0.6 is 11.6 Å². The average molecular weight is 405 g/mol. The van der Waals surface area contributed by atoms with E-state index in [2.05, 4.69) is 15.4 Å². The SMILES string of the molecule is COc1ccc(NC(=O)c2nc(-c3ccc(Cl)cc3)n(-c3ccccc3)n2)cc1. The molecule has 0 bridgehead atoms.